The van der Waals surface area contributed by atoms with Gasteiger partial charge in [0.15, 0.2) is 0 Å². The molecule has 2 unspecified atom stereocenters. The molecule has 2 aromatic carbocycles. The molecule has 190 valence electrons. The highest BCUT2D eigenvalue weighted by Gasteiger charge is 2.35. The van der Waals surface area contributed by atoms with Crippen molar-refractivity contribution in [3.05, 3.63) is 82.1 Å². The fourth-order valence-corrected chi connectivity index (χ4v) is 6.94. The molecule has 5 rings (SSSR count). The van der Waals surface area contributed by atoms with Crippen LogP contribution in [-0.4, -0.2) is 39.4 Å². The van der Waals surface area contributed by atoms with Crippen LogP contribution in [0.5, 0.6) is 0 Å². The molecular weight excluding hydrogens is 561 g/mol. The molecular formula is C30H36IN3O2. The van der Waals surface area contributed by atoms with E-state index in [1.807, 2.05) is 31.3 Å². The van der Waals surface area contributed by atoms with Crippen LogP contribution in [-0.2, 0) is 18.4 Å². The third kappa shape index (κ3) is 5.40. The van der Waals surface area contributed by atoms with Gasteiger partial charge < -0.3 is 9.47 Å². The molecule has 0 bridgehead atoms. The highest BCUT2D eigenvalue weighted by atomic mass is 127. The van der Waals surface area contributed by atoms with E-state index in [2.05, 4.69) is 68.8 Å². The zero-order valence-electron chi connectivity index (χ0n) is 21.1. The van der Waals surface area contributed by atoms with Crippen molar-refractivity contribution >= 4 is 39.4 Å². The van der Waals surface area contributed by atoms with Crippen molar-refractivity contribution < 1.29 is 4.79 Å². The molecule has 0 radical (unpaired) electrons. The predicted molar refractivity (Wildman–Crippen MR) is 154 cm³/mol. The molecule has 1 amide bonds. The van der Waals surface area contributed by atoms with Crippen LogP contribution in [0.25, 0.3) is 10.9 Å². The van der Waals surface area contributed by atoms with E-state index in [1.54, 1.807) is 4.57 Å². The summed E-state index contributed by atoms with van der Waals surface area (Å²) in [6, 6.07) is 20.7. The van der Waals surface area contributed by atoms with Crippen molar-refractivity contribution in [1.29, 1.82) is 0 Å². The monoisotopic (exact) mass is 597 g/mol. The second-order valence-electron chi connectivity index (χ2n) is 10.4. The van der Waals surface area contributed by atoms with Gasteiger partial charge in [-0.2, -0.15) is 0 Å². The van der Waals surface area contributed by atoms with Gasteiger partial charge in [0.1, 0.15) is 0 Å². The second-order valence-corrected chi connectivity index (χ2v) is 11.6. The molecule has 0 N–H and O–H groups in total. The summed E-state index contributed by atoms with van der Waals surface area (Å²) >= 11 is 2.53. The van der Waals surface area contributed by atoms with Crippen LogP contribution in [0, 0.1) is 5.92 Å². The number of benzene rings is 2. The molecule has 6 heteroatoms. The van der Waals surface area contributed by atoms with Crippen LogP contribution in [0.15, 0.2) is 65.5 Å². The fourth-order valence-electron chi connectivity index (χ4n) is 6.02. The molecule has 36 heavy (non-hydrogen) atoms. The number of piperidine rings is 1. The standard InChI is InChI=1S/C30H36IN3O2/c1-32-27-17-9-8-15-24(27)19-25(29(32)35)20-34(30(36)23-13-6-3-7-14-23)26-16-10-18-33(21-26)28(31)22-11-4-2-5-12-22/h2,4-5,8-9,11-12,15,17,19,23,26,28H,3,6-7,10,13-14,16,18,20-21H2,1H3. The van der Waals surface area contributed by atoms with Crippen LogP contribution in [0.2, 0.25) is 0 Å². The van der Waals surface area contributed by atoms with Crippen LogP contribution in [0.3, 0.4) is 0 Å². The third-order valence-corrected chi connectivity index (χ3v) is 9.56. The Hall–Kier alpha value is -2.19. The summed E-state index contributed by atoms with van der Waals surface area (Å²) in [6.45, 7) is 2.26. The van der Waals surface area contributed by atoms with Crippen molar-refractivity contribution in [2.45, 2.75) is 61.6 Å². The molecule has 1 saturated carbocycles. The normalized spacial score (nSPS) is 20.3. The lowest BCUT2D eigenvalue weighted by atomic mass is 9.87. The minimum Gasteiger partial charge on any atom is -0.334 e. The van der Waals surface area contributed by atoms with E-state index in [0.717, 1.165) is 62.5 Å². The van der Waals surface area contributed by atoms with Crippen LogP contribution >= 0.6 is 22.6 Å². The highest BCUT2D eigenvalue weighted by molar-refractivity contribution is 14.1. The van der Waals surface area contributed by atoms with E-state index in [-0.39, 0.29) is 27.5 Å². The topological polar surface area (TPSA) is 45.6 Å². The van der Waals surface area contributed by atoms with Gasteiger partial charge in [-0.15, -0.1) is 0 Å². The number of carbonyl (C=O) groups excluding carboxylic acids is 1. The molecule has 1 aromatic heterocycles. The van der Waals surface area contributed by atoms with Gasteiger partial charge in [-0.25, -0.2) is 0 Å². The summed E-state index contributed by atoms with van der Waals surface area (Å²) in [5.41, 5.74) is 2.94. The van der Waals surface area contributed by atoms with E-state index in [9.17, 15) is 9.59 Å². The van der Waals surface area contributed by atoms with E-state index >= 15 is 0 Å². The summed E-state index contributed by atoms with van der Waals surface area (Å²) in [5.74, 6) is 0.337. The van der Waals surface area contributed by atoms with Gasteiger partial charge in [0.05, 0.1) is 16.1 Å². The zero-order valence-corrected chi connectivity index (χ0v) is 23.3. The van der Waals surface area contributed by atoms with Crippen LogP contribution in [0.4, 0.5) is 0 Å². The van der Waals surface area contributed by atoms with Crippen molar-refractivity contribution in [3.63, 3.8) is 0 Å². The van der Waals surface area contributed by atoms with Crippen molar-refractivity contribution in [3.8, 4) is 0 Å². The molecule has 2 atom stereocenters. The Balaban J connectivity index is 1.45. The van der Waals surface area contributed by atoms with Crippen molar-refractivity contribution in [2.24, 2.45) is 13.0 Å². The first-order valence-corrected chi connectivity index (χ1v) is 14.6. The highest BCUT2D eigenvalue weighted by Crippen LogP contribution is 2.33. The quantitative estimate of drug-likeness (QED) is 0.198. The summed E-state index contributed by atoms with van der Waals surface area (Å²) < 4.78 is 2.00. The Morgan fingerprint density at radius 1 is 1.00 bits per heavy atom. The first kappa shape index (κ1) is 25.5. The Morgan fingerprint density at radius 3 is 2.50 bits per heavy atom. The van der Waals surface area contributed by atoms with Gasteiger partial charge in [0.25, 0.3) is 5.56 Å². The Kier molecular flexibility index (Phi) is 8.11. The number of aromatic nitrogens is 1. The number of aryl methyl sites for hydroxylation is 1. The summed E-state index contributed by atoms with van der Waals surface area (Å²) in [5, 5.41) is 1.04. The second kappa shape index (κ2) is 11.5. The maximum atomic E-state index is 14.0. The maximum absolute atomic E-state index is 14.0. The molecule has 5 nitrogen and oxygen atoms in total. The van der Waals surface area contributed by atoms with Gasteiger partial charge in [0, 0.05) is 31.1 Å². The maximum Gasteiger partial charge on any atom is 0.255 e. The lowest BCUT2D eigenvalue weighted by Gasteiger charge is -2.42. The number of fused-ring (bicyclic) bond motifs is 1. The van der Waals surface area contributed by atoms with Gasteiger partial charge in [-0.1, -0.05) is 90.4 Å². The summed E-state index contributed by atoms with van der Waals surface area (Å²) in [4.78, 5) is 32.0. The lowest BCUT2D eigenvalue weighted by Crippen LogP contribution is -2.52. The Morgan fingerprint density at radius 2 is 1.72 bits per heavy atom. The van der Waals surface area contributed by atoms with E-state index < -0.39 is 0 Å². The smallest absolute Gasteiger partial charge is 0.255 e. The average molecular weight is 598 g/mol. The van der Waals surface area contributed by atoms with E-state index in [1.165, 1.54) is 12.0 Å². The zero-order chi connectivity index (χ0) is 25.1. The van der Waals surface area contributed by atoms with E-state index in [0.29, 0.717) is 12.1 Å². The molecule has 2 heterocycles. The van der Waals surface area contributed by atoms with Crippen LogP contribution in [0.1, 0.15) is 60.1 Å². The number of rotatable bonds is 6. The van der Waals surface area contributed by atoms with E-state index in [4.69, 9.17) is 0 Å². The van der Waals surface area contributed by atoms with Gasteiger partial charge >= 0.3 is 0 Å². The largest absolute Gasteiger partial charge is 0.334 e. The third-order valence-electron chi connectivity index (χ3n) is 8.05. The Labute approximate surface area is 227 Å². The lowest BCUT2D eigenvalue weighted by molar-refractivity contribution is -0.141. The Bertz CT molecular complexity index is 1250. The summed E-state index contributed by atoms with van der Waals surface area (Å²) in [6.07, 6.45) is 7.47. The fraction of sp³-hybridized carbons (Fsp3) is 0.467. The van der Waals surface area contributed by atoms with Gasteiger partial charge in [-0.05, 0) is 55.3 Å². The van der Waals surface area contributed by atoms with Gasteiger partial charge in [-0.3, -0.25) is 14.5 Å². The number of carbonyl (C=O) groups is 1. The molecule has 2 fully saturated rings. The molecule has 2 aliphatic rings. The van der Waals surface area contributed by atoms with Crippen molar-refractivity contribution in [1.82, 2.24) is 14.4 Å². The number of alkyl halides is 1. The van der Waals surface area contributed by atoms with Gasteiger partial charge in [0.2, 0.25) is 5.91 Å². The summed E-state index contributed by atoms with van der Waals surface area (Å²) in [7, 11) is 1.84. The molecule has 1 aliphatic carbocycles. The van der Waals surface area contributed by atoms with Crippen molar-refractivity contribution in [2.75, 3.05) is 13.1 Å². The number of hydrogen-bond acceptors (Lipinski definition) is 3. The predicted octanol–water partition coefficient (Wildman–Crippen LogP) is 6.05. The number of likely N-dealkylation sites (tertiary alicyclic amines) is 1. The molecule has 0 spiro atoms. The first-order valence-electron chi connectivity index (χ1n) is 13.3. The number of halogens is 1. The number of pyridine rings is 1. The molecule has 1 aliphatic heterocycles. The minimum atomic E-state index is -0.00105. The number of hydrogen-bond donors (Lipinski definition) is 0. The molecule has 3 aromatic rings. The SMILES string of the molecule is Cn1c(=O)c(CN(C(=O)C2CCCCC2)C2CCCN(C(I)c3ccccc3)C2)cc2ccccc21. The number of amides is 1. The minimum absolute atomic E-state index is 0.00105. The number of nitrogens with zero attached hydrogens (tertiary/aromatic N) is 3. The first-order chi connectivity index (χ1) is 17.5. The molecule has 1 saturated heterocycles. The average Bonchev–Trinajstić information content (AvgIpc) is 2.94. The number of para-hydroxylation sites is 1. The van der Waals surface area contributed by atoms with Crippen LogP contribution < -0.4 is 5.56 Å².